The Morgan fingerprint density at radius 1 is 1.32 bits per heavy atom. The predicted octanol–water partition coefficient (Wildman–Crippen LogP) is 2.36. The van der Waals surface area contributed by atoms with E-state index in [1.165, 1.54) is 7.11 Å². The summed E-state index contributed by atoms with van der Waals surface area (Å²) < 4.78 is 16.0. The lowest BCUT2D eigenvalue weighted by atomic mass is 9.93. The minimum Gasteiger partial charge on any atom is -0.463 e. The van der Waals surface area contributed by atoms with Gasteiger partial charge in [0.1, 0.15) is 0 Å². The van der Waals surface area contributed by atoms with E-state index in [0.717, 1.165) is 12.0 Å². The molecule has 1 aliphatic rings. The van der Waals surface area contributed by atoms with Crippen LogP contribution in [0.5, 0.6) is 0 Å². The van der Waals surface area contributed by atoms with E-state index in [4.69, 9.17) is 19.3 Å². The standard InChI is InChI=1S/C17H22O5/c1-20-17(19)15-11-14(13-7-3-2-4-8-13)12-16(22-15)21-10-6-5-9-18/h2-4,7-8,11,14,16,18H,5-6,9-10,12H2,1H3/t14?,16-/m0/s1. The summed E-state index contributed by atoms with van der Waals surface area (Å²) in [4.78, 5) is 11.8. The number of aliphatic hydroxyl groups is 1. The number of methoxy groups -OCH3 is 1. The molecule has 0 bridgehead atoms. The van der Waals surface area contributed by atoms with E-state index in [1.54, 1.807) is 6.08 Å². The molecule has 0 fully saturated rings. The van der Waals surface area contributed by atoms with Gasteiger partial charge in [0.05, 0.1) is 13.7 Å². The number of rotatable bonds is 7. The van der Waals surface area contributed by atoms with E-state index in [0.29, 0.717) is 19.4 Å². The van der Waals surface area contributed by atoms with Gasteiger partial charge in [-0.05, 0) is 24.5 Å². The monoisotopic (exact) mass is 306 g/mol. The molecule has 0 aromatic heterocycles. The lowest BCUT2D eigenvalue weighted by Crippen LogP contribution is -2.27. The number of hydrogen-bond acceptors (Lipinski definition) is 5. The predicted molar refractivity (Wildman–Crippen MR) is 81.0 cm³/mol. The van der Waals surface area contributed by atoms with Gasteiger partial charge < -0.3 is 19.3 Å². The summed E-state index contributed by atoms with van der Waals surface area (Å²) in [6.07, 6.45) is 3.39. The average molecular weight is 306 g/mol. The highest BCUT2D eigenvalue weighted by atomic mass is 16.7. The normalized spacial score (nSPS) is 20.9. The molecule has 22 heavy (non-hydrogen) atoms. The Kier molecular flexibility index (Phi) is 6.43. The zero-order chi connectivity index (χ0) is 15.8. The van der Waals surface area contributed by atoms with Crippen molar-refractivity contribution in [3.05, 3.63) is 47.7 Å². The molecule has 5 nitrogen and oxygen atoms in total. The highest BCUT2D eigenvalue weighted by molar-refractivity contribution is 5.86. The maximum atomic E-state index is 11.8. The second kappa shape index (κ2) is 8.56. The second-order valence-electron chi connectivity index (χ2n) is 5.12. The van der Waals surface area contributed by atoms with Crippen molar-refractivity contribution >= 4 is 5.97 Å². The summed E-state index contributed by atoms with van der Waals surface area (Å²) in [5.74, 6) is -0.258. The first-order chi connectivity index (χ1) is 10.7. The maximum absolute atomic E-state index is 11.8. The van der Waals surface area contributed by atoms with Crippen LogP contribution in [0.4, 0.5) is 0 Å². The number of aliphatic hydroxyl groups excluding tert-OH is 1. The van der Waals surface area contributed by atoms with Crippen LogP contribution < -0.4 is 0 Å². The Labute approximate surface area is 130 Å². The Balaban J connectivity index is 2.06. The van der Waals surface area contributed by atoms with Gasteiger partial charge >= 0.3 is 5.97 Å². The van der Waals surface area contributed by atoms with Crippen molar-refractivity contribution < 1.29 is 24.1 Å². The quantitative estimate of drug-likeness (QED) is 0.619. The van der Waals surface area contributed by atoms with E-state index in [9.17, 15) is 4.79 Å². The molecule has 2 rings (SSSR count). The molecule has 0 amide bonds. The first kappa shape index (κ1) is 16.5. The molecule has 0 spiro atoms. The number of allylic oxidation sites excluding steroid dienone is 1. The van der Waals surface area contributed by atoms with Crippen LogP contribution in [-0.2, 0) is 19.0 Å². The van der Waals surface area contributed by atoms with Crippen LogP contribution in [0.1, 0.15) is 30.7 Å². The molecule has 1 N–H and O–H groups in total. The minimum absolute atomic E-state index is 0.0480. The zero-order valence-corrected chi connectivity index (χ0v) is 12.7. The number of ether oxygens (including phenoxy) is 3. The minimum atomic E-state index is -0.496. The van der Waals surface area contributed by atoms with Crippen LogP contribution in [-0.4, -0.2) is 37.7 Å². The fraction of sp³-hybridized carbons (Fsp3) is 0.471. The topological polar surface area (TPSA) is 65.0 Å². The third kappa shape index (κ3) is 4.58. The summed E-state index contributed by atoms with van der Waals surface area (Å²) in [5, 5.41) is 8.78. The number of carbonyl (C=O) groups excluding carboxylic acids is 1. The second-order valence-corrected chi connectivity index (χ2v) is 5.12. The van der Waals surface area contributed by atoms with E-state index >= 15 is 0 Å². The van der Waals surface area contributed by atoms with Gasteiger partial charge in [-0.25, -0.2) is 4.79 Å². The van der Waals surface area contributed by atoms with Gasteiger partial charge in [-0.15, -0.1) is 0 Å². The summed E-state index contributed by atoms with van der Waals surface area (Å²) in [7, 11) is 1.33. The number of hydrogen-bond donors (Lipinski definition) is 1. The molecule has 5 heteroatoms. The average Bonchev–Trinajstić information content (AvgIpc) is 2.58. The van der Waals surface area contributed by atoms with E-state index in [2.05, 4.69) is 0 Å². The van der Waals surface area contributed by atoms with Gasteiger partial charge in [0.15, 0.2) is 0 Å². The molecular weight excluding hydrogens is 284 g/mol. The van der Waals surface area contributed by atoms with Gasteiger partial charge in [-0.1, -0.05) is 30.3 Å². The molecule has 0 saturated carbocycles. The van der Waals surface area contributed by atoms with Crippen LogP contribution in [0.3, 0.4) is 0 Å². The lowest BCUT2D eigenvalue weighted by molar-refractivity contribution is -0.159. The highest BCUT2D eigenvalue weighted by Gasteiger charge is 2.28. The van der Waals surface area contributed by atoms with Crippen molar-refractivity contribution in [1.82, 2.24) is 0 Å². The van der Waals surface area contributed by atoms with E-state index < -0.39 is 12.3 Å². The third-order valence-electron chi connectivity index (χ3n) is 3.53. The van der Waals surface area contributed by atoms with E-state index in [-0.39, 0.29) is 18.3 Å². The number of benzene rings is 1. The molecule has 1 aromatic carbocycles. The summed E-state index contributed by atoms with van der Waals surface area (Å²) in [5.41, 5.74) is 1.11. The van der Waals surface area contributed by atoms with Crippen molar-refractivity contribution in [3.8, 4) is 0 Å². The maximum Gasteiger partial charge on any atom is 0.373 e. The van der Waals surface area contributed by atoms with Gasteiger partial charge in [-0.2, -0.15) is 0 Å². The van der Waals surface area contributed by atoms with Crippen LogP contribution in [0.25, 0.3) is 0 Å². The first-order valence-corrected chi connectivity index (χ1v) is 7.48. The van der Waals surface area contributed by atoms with Gasteiger partial charge in [0.25, 0.3) is 0 Å². The molecular formula is C17H22O5. The zero-order valence-electron chi connectivity index (χ0n) is 12.7. The number of unbranched alkanes of at least 4 members (excludes halogenated alkanes) is 1. The van der Waals surface area contributed by atoms with Crippen molar-refractivity contribution in [1.29, 1.82) is 0 Å². The smallest absolute Gasteiger partial charge is 0.373 e. The SMILES string of the molecule is COC(=O)C1=CC(c2ccccc2)C[C@@H](OCCCCO)O1. The fourth-order valence-corrected chi connectivity index (χ4v) is 2.37. The molecule has 1 aliphatic heterocycles. The Hall–Kier alpha value is -1.85. The van der Waals surface area contributed by atoms with Crippen LogP contribution in [0.15, 0.2) is 42.2 Å². The number of carbonyl (C=O) groups is 1. The van der Waals surface area contributed by atoms with Crippen LogP contribution in [0.2, 0.25) is 0 Å². The molecule has 1 unspecified atom stereocenters. The summed E-state index contributed by atoms with van der Waals surface area (Å²) in [6.45, 7) is 0.635. The fourth-order valence-electron chi connectivity index (χ4n) is 2.37. The summed E-state index contributed by atoms with van der Waals surface area (Å²) in [6, 6.07) is 9.92. The molecule has 1 heterocycles. The molecule has 1 aromatic rings. The van der Waals surface area contributed by atoms with Crippen molar-refractivity contribution in [3.63, 3.8) is 0 Å². The van der Waals surface area contributed by atoms with Gasteiger partial charge in [0, 0.05) is 18.9 Å². The Morgan fingerprint density at radius 3 is 2.77 bits per heavy atom. The largest absolute Gasteiger partial charge is 0.463 e. The molecule has 0 radical (unpaired) electrons. The Morgan fingerprint density at radius 2 is 2.09 bits per heavy atom. The van der Waals surface area contributed by atoms with Crippen molar-refractivity contribution in [2.75, 3.05) is 20.3 Å². The third-order valence-corrected chi connectivity index (χ3v) is 3.53. The van der Waals surface area contributed by atoms with Crippen molar-refractivity contribution in [2.24, 2.45) is 0 Å². The molecule has 2 atom stereocenters. The van der Waals surface area contributed by atoms with Gasteiger partial charge in [0.2, 0.25) is 12.0 Å². The summed E-state index contributed by atoms with van der Waals surface area (Å²) >= 11 is 0. The lowest BCUT2D eigenvalue weighted by Gasteiger charge is -2.28. The highest BCUT2D eigenvalue weighted by Crippen LogP contribution is 2.31. The van der Waals surface area contributed by atoms with Crippen LogP contribution in [0, 0.1) is 0 Å². The van der Waals surface area contributed by atoms with Crippen LogP contribution >= 0.6 is 0 Å². The number of esters is 1. The van der Waals surface area contributed by atoms with E-state index in [1.807, 2.05) is 30.3 Å². The first-order valence-electron chi connectivity index (χ1n) is 7.48. The molecule has 120 valence electrons. The molecule has 0 saturated heterocycles. The van der Waals surface area contributed by atoms with Crippen molar-refractivity contribution in [2.45, 2.75) is 31.5 Å². The molecule has 0 aliphatic carbocycles. The van der Waals surface area contributed by atoms with Gasteiger partial charge in [-0.3, -0.25) is 0 Å². The Bertz CT molecular complexity index is 497.